The van der Waals surface area contributed by atoms with Gasteiger partial charge in [-0.05, 0) is 56.2 Å². The molecule has 0 saturated carbocycles. The molecule has 1 N–H and O–H groups in total. The van der Waals surface area contributed by atoms with Crippen LogP contribution in [0.3, 0.4) is 0 Å². The van der Waals surface area contributed by atoms with Crippen LogP contribution in [0.4, 0.5) is 5.69 Å². The molecule has 2 aromatic rings. The maximum Gasteiger partial charge on any atom is 0.244 e. The zero-order valence-corrected chi connectivity index (χ0v) is 21.6. The highest BCUT2D eigenvalue weighted by molar-refractivity contribution is 9.10. The van der Waals surface area contributed by atoms with Crippen molar-refractivity contribution in [3.63, 3.8) is 0 Å². The van der Waals surface area contributed by atoms with Gasteiger partial charge in [0.15, 0.2) is 0 Å². The third kappa shape index (κ3) is 6.95. The number of hydrogen-bond acceptors (Lipinski definition) is 4. The van der Waals surface area contributed by atoms with E-state index < -0.39 is 28.5 Å². The third-order valence-corrected chi connectivity index (χ3v) is 6.92. The van der Waals surface area contributed by atoms with E-state index in [1.54, 1.807) is 32.9 Å². The Kier molecular flexibility index (Phi) is 9.12. The number of sulfonamides is 1. The summed E-state index contributed by atoms with van der Waals surface area (Å²) in [7, 11) is -3.79. The van der Waals surface area contributed by atoms with Crippen LogP contribution in [0.1, 0.15) is 25.0 Å². The molecule has 0 aliphatic heterocycles. The molecule has 0 heterocycles. The largest absolute Gasteiger partial charge is 0.355 e. The number of carbonyl (C=O) groups is 2. The van der Waals surface area contributed by atoms with E-state index in [0.717, 1.165) is 26.2 Å². The second-order valence-corrected chi connectivity index (χ2v) is 10.7. The molecule has 174 valence electrons. The van der Waals surface area contributed by atoms with E-state index in [9.17, 15) is 18.0 Å². The monoisotopic (exact) mass is 543 g/mol. The molecule has 2 aromatic carbocycles. The average molecular weight is 545 g/mol. The lowest BCUT2D eigenvalue weighted by Gasteiger charge is -2.31. The minimum absolute atomic E-state index is 0.142. The van der Waals surface area contributed by atoms with Crippen molar-refractivity contribution < 1.29 is 18.0 Å². The second kappa shape index (κ2) is 11.2. The number of carbonyl (C=O) groups excluding carboxylic acids is 2. The van der Waals surface area contributed by atoms with Gasteiger partial charge in [-0.3, -0.25) is 13.9 Å². The number of halogens is 2. The molecule has 0 aromatic heterocycles. The first-order chi connectivity index (χ1) is 14.9. The summed E-state index contributed by atoms with van der Waals surface area (Å²) in [5.41, 5.74) is 1.87. The topological polar surface area (TPSA) is 86.8 Å². The number of anilines is 1. The Morgan fingerprint density at radius 1 is 1.19 bits per heavy atom. The predicted octanol–water partition coefficient (Wildman–Crippen LogP) is 3.73. The van der Waals surface area contributed by atoms with E-state index in [1.807, 2.05) is 24.3 Å². The van der Waals surface area contributed by atoms with Crippen molar-refractivity contribution in [2.75, 3.05) is 23.7 Å². The molecule has 2 rings (SSSR count). The number of hydrogen-bond donors (Lipinski definition) is 1. The summed E-state index contributed by atoms with van der Waals surface area (Å²) >= 11 is 9.59. The quantitative estimate of drug-likeness (QED) is 0.521. The summed E-state index contributed by atoms with van der Waals surface area (Å²) < 4.78 is 26.9. The van der Waals surface area contributed by atoms with Crippen LogP contribution >= 0.6 is 27.5 Å². The standard InChI is InChI=1S/C22H27BrClN3O4S/c1-5-25-22(29)16(3)26(13-17-7-6-8-18(23)11-17)21(28)14-27(32(4,30)31)19-10-9-15(2)20(24)12-19/h6-12,16H,5,13-14H2,1-4H3,(H,25,29). The van der Waals surface area contributed by atoms with Gasteiger partial charge in [-0.15, -0.1) is 0 Å². The molecule has 0 aliphatic carbocycles. The number of likely N-dealkylation sites (N-methyl/N-ethyl adjacent to an activating group) is 1. The van der Waals surface area contributed by atoms with Gasteiger partial charge < -0.3 is 10.2 Å². The van der Waals surface area contributed by atoms with Gasteiger partial charge in [-0.1, -0.05) is 45.7 Å². The Hall–Kier alpha value is -2.10. The number of amides is 2. The minimum Gasteiger partial charge on any atom is -0.355 e. The molecule has 0 bridgehead atoms. The van der Waals surface area contributed by atoms with Crippen LogP contribution in [-0.2, 0) is 26.2 Å². The van der Waals surface area contributed by atoms with Crippen molar-refractivity contribution >= 4 is 55.1 Å². The lowest BCUT2D eigenvalue weighted by Crippen LogP contribution is -2.51. The van der Waals surface area contributed by atoms with Crippen LogP contribution in [-0.4, -0.2) is 50.5 Å². The molecule has 0 fully saturated rings. The van der Waals surface area contributed by atoms with Crippen molar-refractivity contribution in [3.05, 3.63) is 63.1 Å². The predicted molar refractivity (Wildman–Crippen MR) is 131 cm³/mol. The van der Waals surface area contributed by atoms with Crippen LogP contribution < -0.4 is 9.62 Å². The fourth-order valence-corrected chi connectivity index (χ4v) is 4.55. The summed E-state index contributed by atoms with van der Waals surface area (Å²) in [6.45, 7) is 5.31. The summed E-state index contributed by atoms with van der Waals surface area (Å²) in [4.78, 5) is 27.3. The molecule has 0 radical (unpaired) electrons. The Morgan fingerprint density at radius 2 is 1.88 bits per heavy atom. The number of benzene rings is 2. The maximum atomic E-state index is 13.4. The zero-order valence-electron chi connectivity index (χ0n) is 18.4. The number of rotatable bonds is 9. The van der Waals surface area contributed by atoms with Crippen LogP contribution in [0, 0.1) is 6.92 Å². The van der Waals surface area contributed by atoms with E-state index in [0.29, 0.717) is 11.6 Å². The van der Waals surface area contributed by atoms with Gasteiger partial charge in [-0.2, -0.15) is 0 Å². The summed E-state index contributed by atoms with van der Waals surface area (Å²) in [6, 6.07) is 11.4. The molecule has 7 nitrogen and oxygen atoms in total. The van der Waals surface area contributed by atoms with Gasteiger partial charge in [0.1, 0.15) is 12.6 Å². The zero-order chi connectivity index (χ0) is 24.1. The Bertz CT molecular complexity index is 1090. The molecule has 1 atom stereocenters. The molecule has 10 heteroatoms. The van der Waals surface area contributed by atoms with Gasteiger partial charge in [-0.25, -0.2) is 8.42 Å². The van der Waals surface area contributed by atoms with E-state index in [-0.39, 0.29) is 18.1 Å². The lowest BCUT2D eigenvalue weighted by molar-refractivity contribution is -0.139. The van der Waals surface area contributed by atoms with E-state index in [4.69, 9.17) is 11.6 Å². The molecular formula is C22H27BrClN3O4S. The highest BCUT2D eigenvalue weighted by atomic mass is 79.9. The van der Waals surface area contributed by atoms with Crippen LogP contribution in [0.25, 0.3) is 0 Å². The Balaban J connectivity index is 2.40. The van der Waals surface area contributed by atoms with Crippen LogP contribution in [0.5, 0.6) is 0 Å². The first-order valence-electron chi connectivity index (χ1n) is 9.99. The Morgan fingerprint density at radius 3 is 2.44 bits per heavy atom. The normalized spacial score (nSPS) is 12.2. The number of nitrogens with one attached hydrogen (secondary N) is 1. The molecule has 1 unspecified atom stereocenters. The minimum atomic E-state index is -3.79. The smallest absolute Gasteiger partial charge is 0.244 e. The van der Waals surface area contributed by atoms with Crippen LogP contribution in [0.15, 0.2) is 46.9 Å². The van der Waals surface area contributed by atoms with E-state index in [2.05, 4.69) is 21.2 Å². The summed E-state index contributed by atoms with van der Waals surface area (Å²) in [5.74, 6) is -0.828. The maximum absolute atomic E-state index is 13.4. The van der Waals surface area contributed by atoms with E-state index >= 15 is 0 Å². The lowest BCUT2D eigenvalue weighted by atomic mass is 10.1. The number of nitrogens with zero attached hydrogens (tertiary/aromatic N) is 2. The average Bonchev–Trinajstić information content (AvgIpc) is 2.71. The highest BCUT2D eigenvalue weighted by Crippen LogP contribution is 2.25. The van der Waals surface area contributed by atoms with Crippen LogP contribution in [0.2, 0.25) is 5.02 Å². The van der Waals surface area contributed by atoms with Gasteiger partial charge in [0, 0.05) is 22.6 Å². The SMILES string of the molecule is CCNC(=O)C(C)N(Cc1cccc(Br)c1)C(=O)CN(c1ccc(C)c(Cl)c1)S(C)(=O)=O. The van der Waals surface area contributed by atoms with Gasteiger partial charge in [0.2, 0.25) is 21.8 Å². The van der Waals surface area contributed by atoms with Crippen molar-refractivity contribution in [1.29, 1.82) is 0 Å². The van der Waals surface area contributed by atoms with Gasteiger partial charge in [0.25, 0.3) is 0 Å². The van der Waals surface area contributed by atoms with Crippen molar-refractivity contribution in [2.24, 2.45) is 0 Å². The molecular weight excluding hydrogens is 518 g/mol. The number of aryl methyl sites for hydroxylation is 1. The molecule has 2 amide bonds. The fraction of sp³-hybridized carbons (Fsp3) is 0.364. The molecule has 32 heavy (non-hydrogen) atoms. The van der Waals surface area contributed by atoms with Crippen molar-refractivity contribution in [3.8, 4) is 0 Å². The first kappa shape index (κ1) is 26.2. The summed E-state index contributed by atoms with van der Waals surface area (Å²) in [5, 5.41) is 3.11. The van der Waals surface area contributed by atoms with Crippen molar-refractivity contribution in [2.45, 2.75) is 33.4 Å². The highest BCUT2D eigenvalue weighted by Gasteiger charge is 2.30. The summed E-state index contributed by atoms with van der Waals surface area (Å²) in [6.07, 6.45) is 1.03. The Labute approximate surface area is 202 Å². The molecule has 0 spiro atoms. The van der Waals surface area contributed by atoms with Gasteiger partial charge >= 0.3 is 0 Å². The first-order valence-corrected chi connectivity index (χ1v) is 13.0. The second-order valence-electron chi connectivity index (χ2n) is 7.43. The molecule has 0 aliphatic rings. The third-order valence-electron chi connectivity index (χ3n) is 4.88. The fourth-order valence-electron chi connectivity index (χ4n) is 3.09. The molecule has 0 saturated heterocycles. The van der Waals surface area contributed by atoms with Gasteiger partial charge in [0.05, 0.1) is 11.9 Å². The van der Waals surface area contributed by atoms with Crippen molar-refractivity contribution in [1.82, 2.24) is 10.2 Å². The van der Waals surface area contributed by atoms with E-state index in [1.165, 1.54) is 11.0 Å².